The quantitative estimate of drug-likeness (QED) is 0.848. The molecule has 5 nitrogen and oxygen atoms in total. The van der Waals surface area contributed by atoms with Crippen molar-refractivity contribution in [2.24, 2.45) is 0 Å². The van der Waals surface area contributed by atoms with Crippen LogP contribution < -0.4 is 4.74 Å². The molecule has 3 heterocycles. The summed E-state index contributed by atoms with van der Waals surface area (Å²) < 4.78 is 6.31. The second kappa shape index (κ2) is 5.69. The Morgan fingerprint density at radius 3 is 3.04 bits per heavy atom. The van der Waals surface area contributed by atoms with E-state index in [2.05, 4.69) is 15.1 Å². The molecule has 4 rings (SSSR count). The lowest BCUT2D eigenvalue weighted by molar-refractivity contribution is -0.0203. The van der Waals surface area contributed by atoms with Crippen LogP contribution in [0.5, 0.6) is 5.75 Å². The summed E-state index contributed by atoms with van der Waals surface area (Å²) >= 11 is 1.63. The fraction of sp³-hybridized carbons (Fsp3) is 0.471. The molecule has 2 aliphatic heterocycles. The molecule has 120 valence electrons. The Kier molecular flexibility index (Phi) is 3.66. The number of aromatic nitrogens is 2. The standard InChI is InChI=1S/C17H19N3O2S/c1-12-18-19-16(23-12)10-20-8-4-7-17(11-20)9-14(21)13-5-2-3-6-15(13)22-17/h2-3,5-6H,4,7-11H2,1H3. The Morgan fingerprint density at radius 2 is 2.22 bits per heavy atom. The van der Waals surface area contributed by atoms with Crippen molar-refractivity contribution in [1.29, 1.82) is 0 Å². The molecule has 1 aromatic heterocycles. The van der Waals surface area contributed by atoms with Gasteiger partial charge >= 0.3 is 0 Å². The highest BCUT2D eigenvalue weighted by atomic mass is 32.1. The van der Waals surface area contributed by atoms with Crippen molar-refractivity contribution in [2.45, 2.75) is 38.3 Å². The summed E-state index contributed by atoms with van der Waals surface area (Å²) in [5.74, 6) is 0.929. The largest absolute Gasteiger partial charge is 0.485 e. The normalized spacial score (nSPS) is 24.5. The zero-order chi connectivity index (χ0) is 15.9. The van der Waals surface area contributed by atoms with Crippen LogP contribution in [0.1, 0.15) is 39.6 Å². The lowest BCUT2D eigenvalue weighted by Gasteiger charge is -2.44. The molecule has 1 saturated heterocycles. The third kappa shape index (κ3) is 2.88. The maximum Gasteiger partial charge on any atom is 0.170 e. The Morgan fingerprint density at radius 1 is 1.35 bits per heavy atom. The minimum absolute atomic E-state index is 0.195. The number of fused-ring (bicyclic) bond motifs is 1. The Hall–Kier alpha value is -1.79. The van der Waals surface area contributed by atoms with Crippen LogP contribution in [0, 0.1) is 6.92 Å². The van der Waals surface area contributed by atoms with E-state index in [9.17, 15) is 4.79 Å². The van der Waals surface area contributed by atoms with Crippen molar-refractivity contribution in [3.05, 3.63) is 39.8 Å². The Labute approximate surface area is 139 Å². The van der Waals surface area contributed by atoms with Gasteiger partial charge in [-0.15, -0.1) is 21.5 Å². The van der Waals surface area contributed by atoms with Gasteiger partial charge in [0.15, 0.2) is 5.78 Å². The number of piperidine rings is 1. The molecule has 0 radical (unpaired) electrons. The van der Waals surface area contributed by atoms with E-state index in [0.29, 0.717) is 6.42 Å². The number of nitrogens with zero attached hydrogens (tertiary/aromatic N) is 3. The van der Waals surface area contributed by atoms with E-state index in [1.807, 2.05) is 31.2 Å². The minimum atomic E-state index is -0.385. The first-order chi connectivity index (χ1) is 11.1. The predicted octanol–water partition coefficient (Wildman–Crippen LogP) is 2.85. The summed E-state index contributed by atoms with van der Waals surface area (Å²) in [6.45, 7) is 4.54. The van der Waals surface area contributed by atoms with Gasteiger partial charge in [0.1, 0.15) is 21.4 Å². The third-order valence-corrected chi connectivity index (χ3v) is 5.37. The highest BCUT2D eigenvalue weighted by Crippen LogP contribution is 2.38. The van der Waals surface area contributed by atoms with Crippen LogP contribution in [0.3, 0.4) is 0 Å². The summed E-state index contributed by atoms with van der Waals surface area (Å²) in [7, 11) is 0. The van der Waals surface area contributed by atoms with Gasteiger partial charge in [-0.1, -0.05) is 12.1 Å². The van der Waals surface area contributed by atoms with Gasteiger partial charge in [0.25, 0.3) is 0 Å². The van der Waals surface area contributed by atoms with Crippen LogP contribution in [0.15, 0.2) is 24.3 Å². The number of para-hydroxylation sites is 1. The van der Waals surface area contributed by atoms with Crippen molar-refractivity contribution >= 4 is 17.1 Å². The van der Waals surface area contributed by atoms with Gasteiger partial charge in [0, 0.05) is 6.54 Å². The number of hydrogen-bond donors (Lipinski definition) is 0. The highest BCUT2D eigenvalue weighted by molar-refractivity contribution is 7.11. The van der Waals surface area contributed by atoms with E-state index >= 15 is 0 Å². The first-order valence-corrected chi connectivity index (χ1v) is 8.78. The number of hydrogen-bond acceptors (Lipinski definition) is 6. The van der Waals surface area contributed by atoms with E-state index in [-0.39, 0.29) is 11.4 Å². The number of Topliss-reactive ketones (excluding diaryl/α,β-unsaturated/α-hetero) is 1. The molecule has 6 heteroatoms. The lowest BCUT2D eigenvalue weighted by Crippen LogP contribution is -2.54. The van der Waals surface area contributed by atoms with Gasteiger partial charge < -0.3 is 4.74 Å². The molecule has 1 atom stereocenters. The van der Waals surface area contributed by atoms with Gasteiger partial charge in [-0.2, -0.15) is 0 Å². The first-order valence-electron chi connectivity index (χ1n) is 7.96. The third-order valence-electron chi connectivity index (χ3n) is 4.54. The second-order valence-corrected chi connectivity index (χ2v) is 7.68. The molecule has 0 amide bonds. The molecule has 1 fully saturated rings. The maximum absolute atomic E-state index is 12.5. The van der Waals surface area contributed by atoms with E-state index in [1.54, 1.807) is 11.3 Å². The van der Waals surface area contributed by atoms with Crippen LogP contribution in [-0.4, -0.2) is 39.6 Å². The molecule has 23 heavy (non-hydrogen) atoms. The van der Waals surface area contributed by atoms with Crippen molar-refractivity contribution in [1.82, 2.24) is 15.1 Å². The molecule has 1 unspecified atom stereocenters. The predicted molar refractivity (Wildman–Crippen MR) is 87.9 cm³/mol. The average Bonchev–Trinajstić information content (AvgIpc) is 2.92. The fourth-order valence-electron chi connectivity index (χ4n) is 3.59. The van der Waals surface area contributed by atoms with Crippen LogP contribution in [0.25, 0.3) is 0 Å². The van der Waals surface area contributed by atoms with Crippen LogP contribution >= 0.6 is 11.3 Å². The number of carbonyl (C=O) groups is 1. The number of ether oxygens (including phenoxy) is 1. The first kappa shape index (κ1) is 14.8. The smallest absolute Gasteiger partial charge is 0.170 e. The van der Waals surface area contributed by atoms with E-state index in [1.165, 1.54) is 0 Å². The lowest BCUT2D eigenvalue weighted by atomic mass is 9.83. The molecule has 2 aliphatic rings. The van der Waals surface area contributed by atoms with Crippen molar-refractivity contribution in [3.8, 4) is 5.75 Å². The van der Waals surface area contributed by atoms with E-state index < -0.39 is 0 Å². The van der Waals surface area contributed by atoms with Crippen LogP contribution in [-0.2, 0) is 6.54 Å². The van der Waals surface area contributed by atoms with Gasteiger partial charge in [-0.25, -0.2) is 0 Å². The number of ketones is 1. The molecular weight excluding hydrogens is 310 g/mol. The number of rotatable bonds is 2. The highest BCUT2D eigenvalue weighted by Gasteiger charge is 2.43. The molecule has 1 spiro atoms. The van der Waals surface area contributed by atoms with Gasteiger partial charge in [-0.3, -0.25) is 9.69 Å². The number of likely N-dealkylation sites (tertiary alicyclic amines) is 1. The van der Waals surface area contributed by atoms with Gasteiger partial charge in [0.2, 0.25) is 0 Å². The zero-order valence-electron chi connectivity index (χ0n) is 13.1. The van der Waals surface area contributed by atoms with Crippen molar-refractivity contribution < 1.29 is 9.53 Å². The Balaban J connectivity index is 1.54. The number of benzene rings is 1. The summed E-state index contributed by atoms with van der Waals surface area (Å²) in [4.78, 5) is 14.8. The van der Waals surface area contributed by atoms with Crippen LogP contribution in [0.4, 0.5) is 0 Å². The van der Waals surface area contributed by atoms with Gasteiger partial charge in [0.05, 0.1) is 18.5 Å². The molecule has 2 aromatic rings. The summed E-state index contributed by atoms with van der Waals surface area (Å²) in [6.07, 6.45) is 2.43. The SMILES string of the molecule is Cc1nnc(CN2CCCC3(CC(=O)c4ccccc4O3)C2)s1. The summed E-state index contributed by atoms with van der Waals surface area (Å²) in [6, 6.07) is 7.58. The van der Waals surface area contributed by atoms with E-state index in [0.717, 1.165) is 53.8 Å². The molecule has 0 aliphatic carbocycles. The zero-order valence-corrected chi connectivity index (χ0v) is 13.9. The molecular formula is C17H19N3O2S. The topological polar surface area (TPSA) is 55.3 Å². The van der Waals surface area contributed by atoms with Crippen LogP contribution in [0.2, 0.25) is 0 Å². The second-order valence-electron chi connectivity index (χ2n) is 6.41. The summed E-state index contributed by atoms with van der Waals surface area (Å²) in [5, 5.41) is 10.3. The molecule has 0 N–H and O–H groups in total. The monoisotopic (exact) mass is 329 g/mol. The van der Waals surface area contributed by atoms with Gasteiger partial charge in [-0.05, 0) is 38.4 Å². The Bertz CT molecular complexity index is 745. The number of aryl methyl sites for hydroxylation is 1. The molecule has 0 bridgehead atoms. The minimum Gasteiger partial charge on any atom is -0.485 e. The van der Waals surface area contributed by atoms with Crippen molar-refractivity contribution in [3.63, 3.8) is 0 Å². The molecule has 0 saturated carbocycles. The fourth-order valence-corrected chi connectivity index (χ4v) is 4.34. The maximum atomic E-state index is 12.5. The molecule has 1 aromatic carbocycles. The summed E-state index contributed by atoms with van der Waals surface area (Å²) in [5.41, 5.74) is 0.332. The number of carbonyl (C=O) groups excluding carboxylic acids is 1. The van der Waals surface area contributed by atoms with E-state index in [4.69, 9.17) is 4.74 Å². The van der Waals surface area contributed by atoms with Crippen molar-refractivity contribution in [2.75, 3.05) is 13.1 Å². The average molecular weight is 329 g/mol.